The predicted molar refractivity (Wildman–Crippen MR) is 93.9 cm³/mol. The van der Waals surface area contributed by atoms with E-state index in [9.17, 15) is 4.39 Å². The van der Waals surface area contributed by atoms with Crippen LogP contribution in [0.15, 0.2) is 54.9 Å². The van der Waals surface area contributed by atoms with E-state index in [0.717, 1.165) is 5.56 Å². The van der Waals surface area contributed by atoms with Crippen LogP contribution in [0.4, 0.5) is 4.39 Å². The normalized spacial score (nSPS) is 15.9. The number of nitrogens with zero attached hydrogens (tertiary/aromatic N) is 2. The van der Waals surface area contributed by atoms with Gasteiger partial charge in [-0.2, -0.15) is 0 Å². The van der Waals surface area contributed by atoms with Crippen molar-refractivity contribution in [2.45, 2.75) is 12.3 Å². The first kappa shape index (κ1) is 16.9. The summed E-state index contributed by atoms with van der Waals surface area (Å²) in [4.78, 5) is 4.02. The molecule has 26 heavy (non-hydrogen) atoms. The Morgan fingerprint density at radius 2 is 1.69 bits per heavy atom. The third-order valence-corrected chi connectivity index (χ3v) is 4.41. The minimum atomic E-state index is -0.931. The zero-order chi connectivity index (χ0) is 18.0. The van der Waals surface area contributed by atoms with E-state index in [1.54, 1.807) is 16.8 Å². The summed E-state index contributed by atoms with van der Waals surface area (Å²) in [6.45, 7) is 1.36. The van der Waals surface area contributed by atoms with Gasteiger partial charge in [0, 0.05) is 5.56 Å². The summed E-state index contributed by atoms with van der Waals surface area (Å²) >= 11 is 5.19. The van der Waals surface area contributed by atoms with Crippen LogP contribution < -0.4 is 4.74 Å². The van der Waals surface area contributed by atoms with Gasteiger partial charge in [-0.1, -0.05) is 0 Å². The Balaban J connectivity index is 1.56. The molecule has 3 aromatic rings. The maximum atomic E-state index is 13.0. The van der Waals surface area contributed by atoms with Gasteiger partial charge in [-0.05, 0) is 60.7 Å². The molecule has 0 spiro atoms. The van der Waals surface area contributed by atoms with Crippen molar-refractivity contribution in [2.24, 2.45) is 0 Å². The van der Waals surface area contributed by atoms with Crippen molar-refractivity contribution >= 4 is 12.2 Å². The Morgan fingerprint density at radius 3 is 2.27 bits per heavy atom. The Labute approximate surface area is 154 Å². The van der Waals surface area contributed by atoms with Crippen LogP contribution >= 0.6 is 12.2 Å². The van der Waals surface area contributed by atoms with Gasteiger partial charge in [0.2, 0.25) is 10.6 Å². The second kappa shape index (κ2) is 6.99. The highest BCUT2D eigenvalue weighted by atomic mass is 32.1. The quantitative estimate of drug-likeness (QED) is 0.690. The van der Waals surface area contributed by atoms with Gasteiger partial charge in [-0.25, -0.2) is 9.37 Å². The second-order valence-electron chi connectivity index (χ2n) is 5.79. The number of H-pyrrole nitrogens is 1. The van der Waals surface area contributed by atoms with E-state index in [1.807, 2.05) is 24.3 Å². The van der Waals surface area contributed by atoms with Crippen LogP contribution in [0, 0.1) is 10.6 Å². The molecule has 1 aliphatic heterocycles. The molecule has 8 heteroatoms. The molecular formula is C18H16FN3O3S. The first-order valence-electron chi connectivity index (χ1n) is 8.07. The summed E-state index contributed by atoms with van der Waals surface area (Å²) in [6, 6.07) is 13.3. The highest BCUT2D eigenvalue weighted by Gasteiger charge is 2.39. The van der Waals surface area contributed by atoms with Crippen LogP contribution in [0.5, 0.6) is 11.5 Å². The maximum Gasteiger partial charge on any atom is 0.215 e. The largest absolute Gasteiger partial charge is 0.457 e. The molecule has 0 radical (unpaired) electrons. The van der Waals surface area contributed by atoms with Crippen molar-refractivity contribution in [1.29, 1.82) is 0 Å². The molecule has 6 nitrogen and oxygen atoms in total. The summed E-state index contributed by atoms with van der Waals surface area (Å²) in [6.07, 6.45) is 1.53. The van der Waals surface area contributed by atoms with Crippen molar-refractivity contribution in [1.82, 2.24) is 14.8 Å². The maximum absolute atomic E-state index is 13.0. The van der Waals surface area contributed by atoms with Gasteiger partial charge in [0.1, 0.15) is 30.2 Å². The van der Waals surface area contributed by atoms with Gasteiger partial charge in [0.15, 0.2) is 0 Å². The fourth-order valence-electron chi connectivity index (χ4n) is 2.82. The zero-order valence-corrected chi connectivity index (χ0v) is 14.5. The molecule has 0 bridgehead atoms. The van der Waals surface area contributed by atoms with Crippen LogP contribution in [0.25, 0.3) is 0 Å². The first-order chi connectivity index (χ1) is 12.6. The van der Waals surface area contributed by atoms with Crippen molar-refractivity contribution in [2.75, 3.05) is 13.2 Å². The molecule has 1 fully saturated rings. The third-order valence-electron chi connectivity index (χ3n) is 4.08. The molecule has 1 aromatic heterocycles. The molecule has 2 heterocycles. The Morgan fingerprint density at radius 1 is 1.08 bits per heavy atom. The summed E-state index contributed by atoms with van der Waals surface area (Å²) in [5.41, 5.74) is 0.845. The molecule has 4 rings (SSSR count). The standard InChI is InChI=1S/C18H16FN3O3S/c19-14-3-7-16(8-4-14)25-15-5-1-13(2-6-15)18(23-9-10-24-18)11-22-17(26)20-12-21-22/h1-8,12H,9-11H2,(H,20,21,26). The van der Waals surface area contributed by atoms with Crippen molar-refractivity contribution in [3.8, 4) is 11.5 Å². The molecule has 0 saturated carbocycles. The van der Waals surface area contributed by atoms with Crippen molar-refractivity contribution in [3.05, 3.63) is 71.0 Å². The van der Waals surface area contributed by atoms with Gasteiger partial charge in [0.25, 0.3) is 0 Å². The van der Waals surface area contributed by atoms with E-state index in [-0.39, 0.29) is 5.82 Å². The second-order valence-corrected chi connectivity index (χ2v) is 6.15. The lowest BCUT2D eigenvalue weighted by atomic mass is 10.1. The number of benzene rings is 2. The molecule has 0 amide bonds. The average Bonchev–Trinajstić information content (AvgIpc) is 3.28. The molecule has 1 N–H and O–H groups in total. The number of rotatable bonds is 5. The molecular weight excluding hydrogens is 357 g/mol. The molecule has 1 aliphatic rings. The minimum absolute atomic E-state index is 0.303. The minimum Gasteiger partial charge on any atom is -0.457 e. The van der Waals surface area contributed by atoms with Crippen LogP contribution in [0.3, 0.4) is 0 Å². The fourth-order valence-corrected chi connectivity index (χ4v) is 2.99. The highest BCUT2D eigenvalue weighted by molar-refractivity contribution is 7.71. The predicted octanol–water partition coefficient (Wildman–Crippen LogP) is 3.77. The van der Waals surface area contributed by atoms with Gasteiger partial charge < -0.3 is 14.2 Å². The van der Waals surface area contributed by atoms with Crippen LogP contribution in [0.1, 0.15) is 5.56 Å². The molecule has 0 unspecified atom stereocenters. The molecule has 134 valence electrons. The number of hydrogen-bond acceptors (Lipinski definition) is 5. The SMILES string of the molecule is Fc1ccc(Oc2ccc(C3(Cn4[nH]cnc4=S)OCCO3)cc2)cc1. The number of hydrogen-bond donors (Lipinski definition) is 1. The van der Waals surface area contributed by atoms with E-state index in [4.69, 9.17) is 26.4 Å². The van der Waals surface area contributed by atoms with Crippen LogP contribution in [-0.4, -0.2) is 28.0 Å². The van der Waals surface area contributed by atoms with Crippen molar-refractivity contribution in [3.63, 3.8) is 0 Å². The smallest absolute Gasteiger partial charge is 0.215 e. The summed E-state index contributed by atoms with van der Waals surface area (Å²) in [5, 5.41) is 2.96. The summed E-state index contributed by atoms with van der Waals surface area (Å²) in [7, 11) is 0. The van der Waals surface area contributed by atoms with E-state index in [2.05, 4.69) is 10.1 Å². The van der Waals surface area contributed by atoms with Crippen LogP contribution in [-0.2, 0) is 21.8 Å². The van der Waals surface area contributed by atoms with Gasteiger partial charge in [0.05, 0.1) is 13.2 Å². The fraction of sp³-hybridized carbons (Fsp3) is 0.222. The van der Waals surface area contributed by atoms with Gasteiger partial charge >= 0.3 is 0 Å². The monoisotopic (exact) mass is 373 g/mol. The molecule has 1 saturated heterocycles. The number of ether oxygens (including phenoxy) is 3. The van der Waals surface area contributed by atoms with E-state index in [1.165, 1.54) is 18.5 Å². The zero-order valence-electron chi connectivity index (χ0n) is 13.7. The molecule has 2 aromatic carbocycles. The van der Waals surface area contributed by atoms with E-state index in [0.29, 0.717) is 36.0 Å². The van der Waals surface area contributed by atoms with E-state index >= 15 is 0 Å². The highest BCUT2D eigenvalue weighted by Crippen LogP contribution is 2.34. The van der Waals surface area contributed by atoms with E-state index < -0.39 is 5.79 Å². The lowest BCUT2D eigenvalue weighted by Gasteiger charge is -2.28. The lowest BCUT2D eigenvalue weighted by Crippen LogP contribution is -2.33. The van der Waals surface area contributed by atoms with Crippen LogP contribution in [0.2, 0.25) is 0 Å². The summed E-state index contributed by atoms with van der Waals surface area (Å²) < 4.78 is 32.6. The number of halogens is 1. The van der Waals surface area contributed by atoms with Crippen molar-refractivity contribution < 1.29 is 18.6 Å². The Hall–Kier alpha value is -2.55. The summed E-state index contributed by atoms with van der Waals surface area (Å²) in [5.74, 6) is -0.0423. The average molecular weight is 373 g/mol. The number of aromatic nitrogens is 3. The first-order valence-corrected chi connectivity index (χ1v) is 8.48. The lowest BCUT2D eigenvalue weighted by molar-refractivity contribution is -0.178. The Kier molecular flexibility index (Phi) is 4.54. The molecule has 0 atom stereocenters. The van der Waals surface area contributed by atoms with Gasteiger partial charge in [-0.3, -0.25) is 9.78 Å². The Bertz CT molecular complexity index is 931. The third kappa shape index (κ3) is 3.39. The topological polar surface area (TPSA) is 61.3 Å². The number of nitrogens with one attached hydrogen (secondary N) is 1. The van der Waals surface area contributed by atoms with Gasteiger partial charge in [-0.15, -0.1) is 0 Å². The molecule has 0 aliphatic carbocycles. The number of aromatic amines is 1.